The highest BCUT2D eigenvalue weighted by molar-refractivity contribution is 5.82. The highest BCUT2D eigenvalue weighted by Crippen LogP contribution is 2.08. The van der Waals surface area contributed by atoms with E-state index in [0.717, 1.165) is 12.8 Å². The largest absolute Gasteiger partial charge is 0.444 e. The monoisotopic (exact) mass is 312 g/mol. The fourth-order valence-corrected chi connectivity index (χ4v) is 1.65. The van der Waals surface area contributed by atoms with Crippen molar-refractivity contribution in [1.29, 1.82) is 0 Å². The number of amides is 2. The third-order valence-electron chi connectivity index (χ3n) is 2.66. The maximum atomic E-state index is 11.9. The summed E-state index contributed by atoms with van der Waals surface area (Å²) in [6.07, 6.45) is 3.01. The van der Waals surface area contributed by atoms with Crippen LogP contribution in [-0.2, 0) is 9.53 Å². The van der Waals surface area contributed by atoms with Gasteiger partial charge in [0.1, 0.15) is 5.60 Å². The quantitative estimate of drug-likeness (QED) is 0.448. The molecule has 0 bridgehead atoms. The zero-order valence-corrected chi connectivity index (χ0v) is 13.7. The molecule has 0 rings (SSSR count). The maximum absolute atomic E-state index is 11.9. The SMILES string of the molecule is C=CCCCNC(=O)C(O)[C@H](CC=C)NC(=O)OC(C)(C)C. The molecule has 0 aromatic rings. The van der Waals surface area contributed by atoms with Crippen LogP contribution in [0.25, 0.3) is 0 Å². The van der Waals surface area contributed by atoms with Gasteiger partial charge in [-0.25, -0.2) is 4.79 Å². The molecule has 0 radical (unpaired) electrons. The van der Waals surface area contributed by atoms with Gasteiger partial charge in [0.05, 0.1) is 6.04 Å². The van der Waals surface area contributed by atoms with E-state index in [1.807, 2.05) is 0 Å². The molecule has 0 saturated heterocycles. The fraction of sp³-hybridized carbons (Fsp3) is 0.625. The molecule has 0 heterocycles. The summed E-state index contributed by atoms with van der Waals surface area (Å²) in [4.78, 5) is 23.6. The highest BCUT2D eigenvalue weighted by Gasteiger charge is 2.28. The molecular weight excluding hydrogens is 284 g/mol. The van der Waals surface area contributed by atoms with Crippen LogP contribution < -0.4 is 10.6 Å². The number of aliphatic hydroxyl groups is 1. The molecule has 126 valence electrons. The first-order chi connectivity index (χ1) is 10.2. The molecule has 22 heavy (non-hydrogen) atoms. The van der Waals surface area contributed by atoms with Crippen LogP contribution in [0.1, 0.15) is 40.0 Å². The second-order valence-corrected chi connectivity index (χ2v) is 5.94. The molecule has 6 nitrogen and oxygen atoms in total. The molecule has 0 aliphatic carbocycles. The van der Waals surface area contributed by atoms with E-state index >= 15 is 0 Å². The number of carbonyl (C=O) groups excluding carboxylic acids is 2. The van der Waals surface area contributed by atoms with E-state index < -0.39 is 29.7 Å². The van der Waals surface area contributed by atoms with Crippen molar-refractivity contribution in [3.63, 3.8) is 0 Å². The van der Waals surface area contributed by atoms with Gasteiger partial charge in [-0.05, 0) is 40.0 Å². The summed E-state index contributed by atoms with van der Waals surface area (Å²) in [5, 5.41) is 15.2. The molecular formula is C16H28N2O4. The van der Waals surface area contributed by atoms with Crippen molar-refractivity contribution in [2.24, 2.45) is 0 Å². The van der Waals surface area contributed by atoms with Crippen LogP contribution in [0.3, 0.4) is 0 Å². The molecule has 2 amide bonds. The Morgan fingerprint density at radius 1 is 1.27 bits per heavy atom. The molecule has 0 aromatic heterocycles. The Bertz CT molecular complexity index is 388. The van der Waals surface area contributed by atoms with Gasteiger partial charge < -0.3 is 20.5 Å². The lowest BCUT2D eigenvalue weighted by Crippen LogP contribution is -2.51. The minimum absolute atomic E-state index is 0.250. The third kappa shape index (κ3) is 9.18. The van der Waals surface area contributed by atoms with Crippen molar-refractivity contribution in [2.45, 2.75) is 57.8 Å². The van der Waals surface area contributed by atoms with Crippen LogP contribution in [0.15, 0.2) is 25.3 Å². The summed E-state index contributed by atoms with van der Waals surface area (Å²) >= 11 is 0. The van der Waals surface area contributed by atoms with E-state index in [0.29, 0.717) is 6.54 Å². The number of hydrogen-bond donors (Lipinski definition) is 3. The average Bonchev–Trinajstić information content (AvgIpc) is 2.40. The van der Waals surface area contributed by atoms with Crippen LogP contribution in [0.4, 0.5) is 4.79 Å². The summed E-state index contributed by atoms with van der Waals surface area (Å²) in [5.41, 5.74) is -0.652. The lowest BCUT2D eigenvalue weighted by Gasteiger charge is -2.25. The van der Waals surface area contributed by atoms with Crippen LogP contribution in [0.5, 0.6) is 0 Å². The molecule has 0 aliphatic rings. The maximum Gasteiger partial charge on any atom is 0.407 e. The average molecular weight is 312 g/mol. The predicted molar refractivity (Wildman–Crippen MR) is 86.4 cm³/mol. The van der Waals surface area contributed by atoms with E-state index in [9.17, 15) is 14.7 Å². The normalized spacial score (nSPS) is 13.6. The number of carbonyl (C=O) groups is 2. The zero-order valence-electron chi connectivity index (χ0n) is 13.7. The molecule has 6 heteroatoms. The Balaban J connectivity index is 4.51. The fourth-order valence-electron chi connectivity index (χ4n) is 1.65. The predicted octanol–water partition coefficient (Wildman–Crippen LogP) is 1.90. The number of hydrogen-bond acceptors (Lipinski definition) is 4. The highest BCUT2D eigenvalue weighted by atomic mass is 16.6. The van der Waals surface area contributed by atoms with E-state index in [-0.39, 0.29) is 6.42 Å². The van der Waals surface area contributed by atoms with Gasteiger partial charge in [0, 0.05) is 6.54 Å². The van der Waals surface area contributed by atoms with Crippen molar-refractivity contribution in [2.75, 3.05) is 6.54 Å². The molecule has 0 saturated carbocycles. The van der Waals surface area contributed by atoms with Gasteiger partial charge >= 0.3 is 6.09 Å². The third-order valence-corrected chi connectivity index (χ3v) is 2.66. The van der Waals surface area contributed by atoms with Gasteiger partial charge in [-0.3, -0.25) is 4.79 Å². The Labute approximate surface area is 132 Å². The van der Waals surface area contributed by atoms with Gasteiger partial charge in [-0.1, -0.05) is 12.2 Å². The van der Waals surface area contributed by atoms with Gasteiger partial charge in [0.25, 0.3) is 5.91 Å². The number of aliphatic hydroxyl groups excluding tert-OH is 1. The Hall–Kier alpha value is -1.82. The van der Waals surface area contributed by atoms with Gasteiger partial charge in [-0.15, -0.1) is 13.2 Å². The van der Waals surface area contributed by atoms with Crippen LogP contribution in [0, 0.1) is 0 Å². The summed E-state index contributed by atoms with van der Waals surface area (Å²) in [5.74, 6) is -0.535. The Kier molecular flexibility index (Phi) is 9.17. The Morgan fingerprint density at radius 3 is 2.41 bits per heavy atom. The summed E-state index contributed by atoms with van der Waals surface area (Å²) in [7, 11) is 0. The van der Waals surface area contributed by atoms with Crippen molar-refractivity contribution >= 4 is 12.0 Å². The number of nitrogens with one attached hydrogen (secondary N) is 2. The minimum atomic E-state index is -1.37. The van der Waals surface area contributed by atoms with E-state index in [1.165, 1.54) is 6.08 Å². The van der Waals surface area contributed by atoms with E-state index in [1.54, 1.807) is 26.8 Å². The van der Waals surface area contributed by atoms with Gasteiger partial charge in [0.2, 0.25) is 0 Å². The van der Waals surface area contributed by atoms with Crippen LogP contribution >= 0.6 is 0 Å². The molecule has 0 aliphatic heterocycles. The van der Waals surface area contributed by atoms with Crippen LogP contribution in [-0.4, -0.2) is 41.4 Å². The topological polar surface area (TPSA) is 87.7 Å². The molecule has 1 unspecified atom stereocenters. The molecule has 0 spiro atoms. The number of rotatable bonds is 9. The number of allylic oxidation sites excluding steroid dienone is 1. The molecule has 3 N–H and O–H groups in total. The lowest BCUT2D eigenvalue weighted by atomic mass is 10.1. The smallest absolute Gasteiger partial charge is 0.407 e. The first kappa shape index (κ1) is 20.2. The summed E-state index contributed by atoms with van der Waals surface area (Å²) < 4.78 is 5.12. The number of alkyl carbamates (subject to hydrolysis) is 1. The van der Waals surface area contributed by atoms with Crippen molar-refractivity contribution < 1.29 is 19.4 Å². The minimum Gasteiger partial charge on any atom is -0.444 e. The standard InChI is InChI=1S/C16H28N2O4/c1-6-8-9-11-17-14(20)13(19)12(10-7-2)18-15(21)22-16(3,4)5/h6-7,12-13,19H,1-2,8-11H2,3-5H3,(H,17,20)(H,18,21)/t12-,13?/m0/s1. The summed E-state index contributed by atoms with van der Waals surface area (Å²) in [6.45, 7) is 12.8. The zero-order chi connectivity index (χ0) is 17.2. The second kappa shape index (κ2) is 10.00. The first-order valence-electron chi connectivity index (χ1n) is 7.38. The number of unbranched alkanes of at least 4 members (excludes halogenated alkanes) is 1. The van der Waals surface area contributed by atoms with E-state index in [4.69, 9.17) is 4.74 Å². The lowest BCUT2D eigenvalue weighted by molar-refractivity contribution is -0.130. The van der Waals surface area contributed by atoms with Crippen LogP contribution in [0.2, 0.25) is 0 Å². The van der Waals surface area contributed by atoms with Crippen molar-refractivity contribution in [1.82, 2.24) is 10.6 Å². The number of ether oxygens (including phenoxy) is 1. The molecule has 0 aromatic carbocycles. The van der Waals surface area contributed by atoms with Crippen molar-refractivity contribution in [3.8, 4) is 0 Å². The first-order valence-corrected chi connectivity index (χ1v) is 7.38. The molecule has 0 fully saturated rings. The summed E-state index contributed by atoms with van der Waals surface area (Å²) in [6, 6.07) is -0.785. The van der Waals surface area contributed by atoms with E-state index in [2.05, 4.69) is 23.8 Å². The van der Waals surface area contributed by atoms with Gasteiger partial charge in [0.15, 0.2) is 6.10 Å². The Morgan fingerprint density at radius 2 is 1.91 bits per heavy atom. The van der Waals surface area contributed by atoms with Gasteiger partial charge in [-0.2, -0.15) is 0 Å². The second-order valence-electron chi connectivity index (χ2n) is 5.94. The molecule has 2 atom stereocenters. The van der Waals surface area contributed by atoms with Crippen molar-refractivity contribution in [3.05, 3.63) is 25.3 Å².